The standard InChI is InChI=1S/C22H34N6O2/c1-4-10-20(29)28(19-11-8-7-9-12-19)22(5-2)13-15-25(16-14-22)17-18-27-21(30)26(6-3)23-24-27/h7-9,11-12H,4-6,10,13-18H2,1-3H3. The number of carbonyl (C=O) groups excluding carboxylic acids is 1. The van der Waals surface area contributed by atoms with Gasteiger partial charge in [0.2, 0.25) is 5.91 Å². The van der Waals surface area contributed by atoms with E-state index in [0.29, 0.717) is 19.5 Å². The van der Waals surface area contributed by atoms with E-state index in [2.05, 4.69) is 34.1 Å². The van der Waals surface area contributed by atoms with Crippen molar-refractivity contribution in [2.75, 3.05) is 24.5 Å². The summed E-state index contributed by atoms with van der Waals surface area (Å²) in [5.74, 6) is 0.210. The summed E-state index contributed by atoms with van der Waals surface area (Å²) in [6.07, 6.45) is 4.18. The molecule has 1 aromatic heterocycles. The summed E-state index contributed by atoms with van der Waals surface area (Å²) in [4.78, 5) is 29.7. The van der Waals surface area contributed by atoms with Crippen LogP contribution in [0.2, 0.25) is 0 Å². The molecule has 30 heavy (non-hydrogen) atoms. The number of amides is 1. The maximum absolute atomic E-state index is 13.1. The van der Waals surface area contributed by atoms with Crippen molar-refractivity contribution in [3.63, 3.8) is 0 Å². The molecule has 0 N–H and O–H groups in total. The number of carbonyl (C=O) groups is 1. The molecular formula is C22H34N6O2. The van der Waals surface area contributed by atoms with Gasteiger partial charge in [0.1, 0.15) is 0 Å². The molecule has 2 aromatic rings. The van der Waals surface area contributed by atoms with E-state index >= 15 is 0 Å². The van der Waals surface area contributed by atoms with Crippen molar-refractivity contribution in [1.82, 2.24) is 24.7 Å². The van der Waals surface area contributed by atoms with E-state index in [9.17, 15) is 9.59 Å². The molecule has 0 aliphatic carbocycles. The average molecular weight is 415 g/mol. The van der Waals surface area contributed by atoms with Crippen molar-refractivity contribution in [3.05, 3.63) is 40.8 Å². The Morgan fingerprint density at radius 2 is 1.70 bits per heavy atom. The fourth-order valence-electron chi connectivity index (χ4n) is 4.39. The highest BCUT2D eigenvalue weighted by Crippen LogP contribution is 2.36. The smallest absolute Gasteiger partial charge is 0.306 e. The highest BCUT2D eigenvalue weighted by Gasteiger charge is 2.41. The lowest BCUT2D eigenvalue weighted by molar-refractivity contribution is -0.120. The molecular weight excluding hydrogens is 380 g/mol. The quantitative estimate of drug-likeness (QED) is 0.630. The number of aryl methyl sites for hydroxylation is 1. The van der Waals surface area contributed by atoms with Gasteiger partial charge < -0.3 is 9.80 Å². The zero-order chi connectivity index (χ0) is 21.6. The monoisotopic (exact) mass is 414 g/mol. The van der Waals surface area contributed by atoms with Gasteiger partial charge in [0.25, 0.3) is 0 Å². The molecule has 1 amide bonds. The zero-order valence-corrected chi connectivity index (χ0v) is 18.5. The number of likely N-dealkylation sites (tertiary alicyclic amines) is 1. The van der Waals surface area contributed by atoms with Crippen LogP contribution in [0.5, 0.6) is 0 Å². The van der Waals surface area contributed by atoms with Gasteiger partial charge in [-0.1, -0.05) is 32.0 Å². The van der Waals surface area contributed by atoms with Gasteiger partial charge in [0.15, 0.2) is 0 Å². The first-order valence-corrected chi connectivity index (χ1v) is 11.2. The lowest BCUT2D eigenvalue weighted by Crippen LogP contribution is -2.58. The van der Waals surface area contributed by atoms with Gasteiger partial charge in [-0.25, -0.2) is 4.79 Å². The SMILES string of the molecule is CCCC(=O)N(c1ccccc1)C1(CC)CCN(CCn2nnn(CC)c2=O)CC1. The summed E-state index contributed by atoms with van der Waals surface area (Å²) in [6.45, 7) is 9.74. The molecule has 0 bridgehead atoms. The molecule has 164 valence electrons. The summed E-state index contributed by atoms with van der Waals surface area (Å²) in [5, 5.41) is 7.85. The molecule has 0 spiro atoms. The molecule has 8 nitrogen and oxygen atoms in total. The van der Waals surface area contributed by atoms with Crippen molar-refractivity contribution < 1.29 is 4.79 Å². The van der Waals surface area contributed by atoms with E-state index in [-0.39, 0.29) is 17.1 Å². The van der Waals surface area contributed by atoms with Crippen LogP contribution in [0.3, 0.4) is 0 Å². The number of tetrazole rings is 1. The number of aromatic nitrogens is 4. The maximum atomic E-state index is 13.1. The Labute approximate surface area is 178 Å². The second-order valence-corrected chi connectivity index (χ2v) is 8.03. The Bertz CT molecular complexity index is 867. The van der Waals surface area contributed by atoms with E-state index in [1.165, 1.54) is 9.36 Å². The van der Waals surface area contributed by atoms with Crippen LogP contribution in [0.15, 0.2) is 35.1 Å². The van der Waals surface area contributed by atoms with Gasteiger partial charge in [-0.15, -0.1) is 0 Å². The fourth-order valence-corrected chi connectivity index (χ4v) is 4.39. The lowest BCUT2D eigenvalue weighted by Gasteiger charge is -2.48. The molecule has 1 saturated heterocycles. The Balaban J connectivity index is 1.70. The highest BCUT2D eigenvalue weighted by atomic mass is 16.2. The van der Waals surface area contributed by atoms with Crippen LogP contribution in [0.25, 0.3) is 0 Å². The molecule has 0 atom stereocenters. The molecule has 1 aliphatic heterocycles. The van der Waals surface area contributed by atoms with Gasteiger partial charge in [-0.05, 0) is 55.2 Å². The number of para-hydroxylation sites is 1. The van der Waals surface area contributed by atoms with Gasteiger partial charge in [0.05, 0.1) is 6.54 Å². The fraction of sp³-hybridized carbons (Fsp3) is 0.636. The van der Waals surface area contributed by atoms with Crippen molar-refractivity contribution in [1.29, 1.82) is 0 Å². The molecule has 0 radical (unpaired) electrons. The third-order valence-electron chi connectivity index (χ3n) is 6.27. The first kappa shape index (κ1) is 22.2. The summed E-state index contributed by atoms with van der Waals surface area (Å²) < 4.78 is 2.81. The minimum Gasteiger partial charge on any atom is -0.306 e. The number of anilines is 1. The topological polar surface area (TPSA) is 76.3 Å². The number of rotatable bonds is 9. The Hall–Kier alpha value is -2.48. The van der Waals surface area contributed by atoms with Crippen LogP contribution >= 0.6 is 0 Å². The van der Waals surface area contributed by atoms with E-state index in [1.807, 2.05) is 37.3 Å². The second-order valence-electron chi connectivity index (χ2n) is 8.03. The van der Waals surface area contributed by atoms with E-state index in [1.54, 1.807) is 0 Å². The predicted octanol–water partition coefficient (Wildman–Crippen LogP) is 2.54. The van der Waals surface area contributed by atoms with Crippen LogP contribution < -0.4 is 10.6 Å². The first-order chi connectivity index (χ1) is 14.5. The van der Waals surface area contributed by atoms with Crippen LogP contribution in [-0.4, -0.2) is 55.8 Å². The van der Waals surface area contributed by atoms with Crippen LogP contribution in [-0.2, 0) is 17.9 Å². The highest BCUT2D eigenvalue weighted by molar-refractivity contribution is 5.94. The van der Waals surface area contributed by atoms with Crippen LogP contribution in [0.4, 0.5) is 5.69 Å². The second kappa shape index (κ2) is 10.0. The number of hydrogen-bond acceptors (Lipinski definition) is 5. The molecule has 1 aliphatic rings. The van der Waals surface area contributed by atoms with E-state index < -0.39 is 0 Å². The van der Waals surface area contributed by atoms with Crippen molar-refractivity contribution in [3.8, 4) is 0 Å². The van der Waals surface area contributed by atoms with E-state index in [0.717, 1.165) is 51.0 Å². The number of piperidine rings is 1. The first-order valence-electron chi connectivity index (χ1n) is 11.2. The minimum absolute atomic E-state index is 0.155. The summed E-state index contributed by atoms with van der Waals surface area (Å²) in [6, 6.07) is 10.1. The van der Waals surface area contributed by atoms with Gasteiger partial charge >= 0.3 is 5.69 Å². The summed E-state index contributed by atoms with van der Waals surface area (Å²) in [5.41, 5.74) is 0.679. The number of benzene rings is 1. The Morgan fingerprint density at radius 3 is 2.27 bits per heavy atom. The molecule has 1 fully saturated rings. The molecule has 0 unspecified atom stereocenters. The predicted molar refractivity (Wildman–Crippen MR) is 117 cm³/mol. The number of nitrogens with zero attached hydrogens (tertiary/aromatic N) is 6. The van der Waals surface area contributed by atoms with Crippen molar-refractivity contribution in [2.24, 2.45) is 0 Å². The number of hydrogen-bond donors (Lipinski definition) is 0. The summed E-state index contributed by atoms with van der Waals surface area (Å²) in [7, 11) is 0. The average Bonchev–Trinajstić information content (AvgIpc) is 3.13. The normalized spacial score (nSPS) is 16.5. The van der Waals surface area contributed by atoms with Crippen molar-refractivity contribution >= 4 is 11.6 Å². The lowest BCUT2D eigenvalue weighted by atomic mass is 9.82. The van der Waals surface area contributed by atoms with Crippen molar-refractivity contribution in [2.45, 2.75) is 71.5 Å². The minimum atomic E-state index is -0.160. The van der Waals surface area contributed by atoms with Crippen LogP contribution in [0.1, 0.15) is 52.9 Å². The van der Waals surface area contributed by atoms with Crippen LogP contribution in [0, 0.1) is 0 Å². The third-order valence-corrected chi connectivity index (χ3v) is 6.27. The molecule has 1 aromatic carbocycles. The zero-order valence-electron chi connectivity index (χ0n) is 18.5. The molecule has 3 rings (SSSR count). The maximum Gasteiger partial charge on any atom is 0.363 e. The Morgan fingerprint density at radius 1 is 1.03 bits per heavy atom. The molecule has 2 heterocycles. The van der Waals surface area contributed by atoms with Gasteiger partial charge in [-0.3, -0.25) is 4.79 Å². The molecule has 0 saturated carbocycles. The largest absolute Gasteiger partial charge is 0.363 e. The summed E-state index contributed by atoms with van der Waals surface area (Å²) >= 11 is 0. The Kier molecular flexibility index (Phi) is 7.42. The third kappa shape index (κ3) is 4.64. The van der Waals surface area contributed by atoms with Gasteiger partial charge in [-0.2, -0.15) is 9.36 Å². The van der Waals surface area contributed by atoms with Gasteiger partial charge in [0, 0.05) is 43.8 Å². The molecule has 8 heteroatoms. The van der Waals surface area contributed by atoms with E-state index in [4.69, 9.17) is 0 Å².